The monoisotopic (exact) mass is 338 g/mol. The molecule has 0 saturated carbocycles. The lowest BCUT2D eigenvalue weighted by Gasteiger charge is -2.31. The van der Waals surface area contributed by atoms with Gasteiger partial charge in [0.2, 0.25) is 10.0 Å². The second-order valence-electron chi connectivity index (χ2n) is 6.12. The number of nitrogens with one attached hydrogen (secondary N) is 1. The molecule has 1 heterocycles. The Hall–Kier alpha value is -1.60. The van der Waals surface area contributed by atoms with Crippen molar-refractivity contribution in [2.75, 3.05) is 26.2 Å². The number of benzene rings is 1. The Morgan fingerprint density at radius 1 is 1.30 bits per heavy atom. The van der Waals surface area contributed by atoms with Crippen LogP contribution >= 0.6 is 0 Å². The quantitative estimate of drug-likeness (QED) is 0.481. The first kappa shape index (κ1) is 17.7. The maximum atomic E-state index is 12.1. The minimum absolute atomic E-state index is 0.237. The van der Waals surface area contributed by atoms with Gasteiger partial charge in [0.25, 0.3) is 0 Å². The van der Waals surface area contributed by atoms with Crippen molar-refractivity contribution in [3.05, 3.63) is 29.8 Å². The number of aliphatic imine (C=N–C) groups is 1. The van der Waals surface area contributed by atoms with Gasteiger partial charge in [-0.25, -0.2) is 13.1 Å². The summed E-state index contributed by atoms with van der Waals surface area (Å²) in [5.41, 5.74) is 7.00. The van der Waals surface area contributed by atoms with Crippen LogP contribution in [0, 0.1) is 12.8 Å². The van der Waals surface area contributed by atoms with E-state index in [1.54, 1.807) is 24.3 Å². The number of nitrogens with two attached hydrogens (primary N) is 1. The van der Waals surface area contributed by atoms with E-state index in [1.807, 2.05) is 6.92 Å². The Bertz CT molecular complexity index is 633. The molecule has 2 rings (SSSR count). The Morgan fingerprint density at radius 2 is 1.91 bits per heavy atom. The fraction of sp³-hybridized carbons (Fsp3) is 0.562. The van der Waals surface area contributed by atoms with Crippen LogP contribution in [0.1, 0.15) is 25.3 Å². The first-order valence-corrected chi connectivity index (χ1v) is 9.48. The highest BCUT2D eigenvalue weighted by Gasteiger charge is 2.17. The van der Waals surface area contributed by atoms with Gasteiger partial charge in [0.15, 0.2) is 5.96 Å². The highest BCUT2D eigenvalue weighted by molar-refractivity contribution is 7.89. The molecule has 0 bridgehead atoms. The lowest BCUT2D eigenvalue weighted by molar-refractivity contribution is 0.277. The van der Waals surface area contributed by atoms with E-state index < -0.39 is 10.0 Å². The van der Waals surface area contributed by atoms with Crippen LogP contribution in [0.5, 0.6) is 0 Å². The lowest BCUT2D eigenvalue weighted by atomic mass is 10.00. The summed E-state index contributed by atoms with van der Waals surface area (Å²) in [6, 6.07) is 6.76. The van der Waals surface area contributed by atoms with Crippen molar-refractivity contribution < 1.29 is 8.42 Å². The molecule has 1 fully saturated rings. The Morgan fingerprint density at radius 3 is 2.52 bits per heavy atom. The summed E-state index contributed by atoms with van der Waals surface area (Å²) >= 11 is 0. The summed E-state index contributed by atoms with van der Waals surface area (Å²) in [7, 11) is -3.48. The van der Waals surface area contributed by atoms with E-state index in [0.717, 1.165) is 37.4 Å². The predicted octanol–water partition coefficient (Wildman–Crippen LogP) is 1.32. The Labute approximate surface area is 138 Å². The molecule has 6 nitrogen and oxygen atoms in total. The van der Waals surface area contributed by atoms with Crippen molar-refractivity contribution in [3.63, 3.8) is 0 Å². The predicted molar refractivity (Wildman–Crippen MR) is 92.8 cm³/mol. The fourth-order valence-corrected chi connectivity index (χ4v) is 3.51. The molecule has 3 N–H and O–H groups in total. The van der Waals surface area contributed by atoms with Gasteiger partial charge in [-0.05, 0) is 37.8 Å². The summed E-state index contributed by atoms with van der Waals surface area (Å²) in [6.45, 7) is 6.58. The first-order chi connectivity index (χ1) is 10.9. The van der Waals surface area contributed by atoms with Gasteiger partial charge in [0.05, 0.1) is 11.4 Å². The van der Waals surface area contributed by atoms with E-state index in [0.29, 0.717) is 12.5 Å². The second-order valence-corrected chi connectivity index (χ2v) is 7.89. The van der Waals surface area contributed by atoms with E-state index in [1.165, 1.54) is 0 Å². The molecule has 0 unspecified atom stereocenters. The molecule has 0 amide bonds. The van der Waals surface area contributed by atoms with Gasteiger partial charge < -0.3 is 10.6 Å². The van der Waals surface area contributed by atoms with Crippen molar-refractivity contribution in [1.29, 1.82) is 0 Å². The molecule has 128 valence electrons. The van der Waals surface area contributed by atoms with E-state index in [2.05, 4.69) is 21.5 Å². The molecule has 0 aliphatic carbocycles. The minimum Gasteiger partial charge on any atom is -0.370 e. The average molecular weight is 338 g/mol. The molecule has 1 aromatic carbocycles. The van der Waals surface area contributed by atoms with Crippen molar-refractivity contribution in [2.24, 2.45) is 16.6 Å². The fourth-order valence-electron chi connectivity index (χ4n) is 2.49. The lowest BCUT2D eigenvalue weighted by Crippen LogP contribution is -2.42. The van der Waals surface area contributed by atoms with E-state index in [-0.39, 0.29) is 11.4 Å². The number of sulfonamides is 1. The summed E-state index contributed by atoms with van der Waals surface area (Å²) in [6.07, 6.45) is 2.24. The van der Waals surface area contributed by atoms with Crippen molar-refractivity contribution >= 4 is 16.0 Å². The summed E-state index contributed by atoms with van der Waals surface area (Å²) in [5.74, 6) is 1.24. The number of aryl methyl sites for hydroxylation is 1. The molecule has 1 aliphatic heterocycles. The summed E-state index contributed by atoms with van der Waals surface area (Å²) in [5, 5.41) is 0. The SMILES string of the molecule is Cc1ccc(S(=O)(=O)NCCN=C(N)N2CCC(C)CC2)cc1. The molecule has 7 heteroatoms. The van der Waals surface area contributed by atoms with E-state index in [4.69, 9.17) is 5.73 Å². The molecule has 1 aliphatic rings. The summed E-state index contributed by atoms with van der Waals surface area (Å²) < 4.78 is 26.8. The number of hydrogen-bond donors (Lipinski definition) is 2. The van der Waals surface area contributed by atoms with Gasteiger partial charge in [-0.3, -0.25) is 4.99 Å². The normalized spacial score (nSPS) is 17.5. The molecule has 0 radical (unpaired) electrons. The number of guanidine groups is 1. The molecule has 0 atom stereocenters. The molecule has 0 spiro atoms. The standard InChI is InChI=1S/C16H26N4O2S/c1-13-3-5-15(6-4-13)23(21,22)19-10-9-18-16(17)20-11-7-14(2)8-12-20/h3-6,14,19H,7-12H2,1-2H3,(H2,17,18). The van der Waals surface area contributed by atoms with Crippen LogP contribution in [0.2, 0.25) is 0 Å². The first-order valence-electron chi connectivity index (χ1n) is 7.99. The highest BCUT2D eigenvalue weighted by atomic mass is 32.2. The number of hydrogen-bond acceptors (Lipinski definition) is 3. The van der Waals surface area contributed by atoms with E-state index in [9.17, 15) is 8.42 Å². The molecular formula is C16H26N4O2S. The third-order valence-electron chi connectivity index (χ3n) is 4.12. The zero-order valence-corrected chi connectivity index (χ0v) is 14.6. The van der Waals surface area contributed by atoms with Crippen LogP contribution in [0.3, 0.4) is 0 Å². The Balaban J connectivity index is 1.82. The number of piperidine rings is 1. The van der Waals surface area contributed by atoms with Crippen LogP contribution in [-0.4, -0.2) is 45.5 Å². The van der Waals surface area contributed by atoms with Crippen molar-refractivity contribution in [3.8, 4) is 0 Å². The third kappa shape index (κ3) is 5.21. The number of nitrogens with zero attached hydrogens (tertiary/aromatic N) is 2. The zero-order valence-electron chi connectivity index (χ0n) is 13.8. The van der Waals surface area contributed by atoms with Gasteiger partial charge >= 0.3 is 0 Å². The maximum Gasteiger partial charge on any atom is 0.240 e. The largest absolute Gasteiger partial charge is 0.370 e. The van der Waals surface area contributed by atoms with Crippen LogP contribution in [0.15, 0.2) is 34.2 Å². The van der Waals surface area contributed by atoms with Crippen LogP contribution < -0.4 is 10.5 Å². The van der Waals surface area contributed by atoms with Gasteiger partial charge in [-0.15, -0.1) is 0 Å². The van der Waals surface area contributed by atoms with Gasteiger partial charge in [-0.1, -0.05) is 24.6 Å². The van der Waals surface area contributed by atoms with Crippen LogP contribution in [0.4, 0.5) is 0 Å². The molecule has 1 saturated heterocycles. The molecule has 23 heavy (non-hydrogen) atoms. The topological polar surface area (TPSA) is 87.8 Å². The van der Waals surface area contributed by atoms with Gasteiger partial charge in [0.1, 0.15) is 0 Å². The number of rotatable bonds is 5. The number of likely N-dealkylation sites (tertiary alicyclic amines) is 1. The molecular weight excluding hydrogens is 312 g/mol. The van der Waals surface area contributed by atoms with E-state index >= 15 is 0 Å². The zero-order chi connectivity index (χ0) is 16.9. The molecule has 0 aromatic heterocycles. The van der Waals surface area contributed by atoms with Gasteiger partial charge in [0, 0.05) is 19.6 Å². The Kier molecular flexibility index (Phi) is 6.01. The average Bonchev–Trinajstić information content (AvgIpc) is 2.52. The maximum absolute atomic E-state index is 12.1. The smallest absolute Gasteiger partial charge is 0.240 e. The van der Waals surface area contributed by atoms with Crippen molar-refractivity contribution in [2.45, 2.75) is 31.6 Å². The summed E-state index contributed by atoms with van der Waals surface area (Å²) in [4.78, 5) is 6.61. The third-order valence-corrected chi connectivity index (χ3v) is 5.59. The van der Waals surface area contributed by atoms with Crippen molar-refractivity contribution in [1.82, 2.24) is 9.62 Å². The van der Waals surface area contributed by atoms with Gasteiger partial charge in [-0.2, -0.15) is 0 Å². The highest BCUT2D eigenvalue weighted by Crippen LogP contribution is 2.15. The molecule has 1 aromatic rings. The second kappa shape index (κ2) is 7.79. The minimum atomic E-state index is -3.48. The van der Waals surface area contributed by atoms with Crippen LogP contribution in [0.25, 0.3) is 0 Å². The van der Waals surface area contributed by atoms with Crippen LogP contribution in [-0.2, 0) is 10.0 Å².